The molecule has 210 valence electrons. The van der Waals surface area contributed by atoms with Gasteiger partial charge in [0.15, 0.2) is 11.5 Å². The molecule has 0 unspecified atom stereocenters. The van der Waals surface area contributed by atoms with E-state index in [0.29, 0.717) is 55.5 Å². The highest BCUT2D eigenvalue weighted by Gasteiger charge is 2.43. The van der Waals surface area contributed by atoms with Crippen molar-refractivity contribution < 1.29 is 28.2 Å². The lowest BCUT2D eigenvalue weighted by atomic mass is 9.82. The van der Waals surface area contributed by atoms with Gasteiger partial charge in [-0.1, -0.05) is 6.07 Å². The molecule has 2 heterocycles. The Labute approximate surface area is 233 Å². The maximum atomic E-state index is 14.1. The van der Waals surface area contributed by atoms with Gasteiger partial charge in [0.25, 0.3) is 0 Å². The van der Waals surface area contributed by atoms with Gasteiger partial charge in [-0.3, -0.25) is 9.59 Å². The topological polar surface area (TPSA) is 71.6 Å². The summed E-state index contributed by atoms with van der Waals surface area (Å²) in [6, 6.07) is 18.8. The summed E-state index contributed by atoms with van der Waals surface area (Å²) >= 11 is 0. The van der Waals surface area contributed by atoms with Crippen LogP contribution in [0.25, 0.3) is 0 Å². The number of methoxy groups -OCH3 is 3. The van der Waals surface area contributed by atoms with E-state index >= 15 is 0 Å². The molecule has 0 spiro atoms. The van der Waals surface area contributed by atoms with Crippen molar-refractivity contribution in [2.24, 2.45) is 5.92 Å². The Morgan fingerprint density at radius 2 is 1.45 bits per heavy atom. The van der Waals surface area contributed by atoms with E-state index in [9.17, 15) is 14.0 Å². The molecule has 2 saturated heterocycles. The molecule has 8 nitrogen and oxygen atoms in total. The van der Waals surface area contributed by atoms with E-state index in [2.05, 4.69) is 4.90 Å². The van der Waals surface area contributed by atoms with Gasteiger partial charge in [-0.2, -0.15) is 0 Å². The quantitative estimate of drug-likeness (QED) is 0.428. The Morgan fingerprint density at radius 3 is 2.08 bits per heavy atom. The first-order valence-electron chi connectivity index (χ1n) is 13.4. The molecule has 0 bridgehead atoms. The molecular weight excluding hydrogens is 513 g/mol. The van der Waals surface area contributed by atoms with Gasteiger partial charge in [-0.05, 0) is 72.6 Å². The molecular formula is C31H34FN3O5. The van der Waals surface area contributed by atoms with Crippen molar-refractivity contribution in [3.05, 3.63) is 78.1 Å². The number of ether oxygens (including phenoxy) is 3. The third kappa shape index (κ3) is 5.41. The van der Waals surface area contributed by atoms with E-state index in [-0.39, 0.29) is 24.1 Å². The van der Waals surface area contributed by atoms with E-state index in [1.54, 1.807) is 38.4 Å². The second-order valence-electron chi connectivity index (χ2n) is 9.95. The summed E-state index contributed by atoms with van der Waals surface area (Å²) in [7, 11) is 4.74. The zero-order chi connectivity index (χ0) is 28.2. The van der Waals surface area contributed by atoms with Crippen LogP contribution < -0.4 is 24.0 Å². The third-order valence-electron chi connectivity index (χ3n) is 7.80. The average Bonchev–Trinajstić information content (AvgIpc) is 3.00. The number of hydrogen-bond donors (Lipinski definition) is 0. The number of halogens is 1. The molecule has 2 aliphatic heterocycles. The molecule has 2 fully saturated rings. The largest absolute Gasteiger partial charge is 0.497 e. The van der Waals surface area contributed by atoms with Crippen molar-refractivity contribution in [3.8, 4) is 17.2 Å². The summed E-state index contributed by atoms with van der Waals surface area (Å²) in [5.74, 6) is 1.04. The minimum atomic E-state index is -0.530. The van der Waals surface area contributed by atoms with Crippen LogP contribution >= 0.6 is 0 Å². The van der Waals surface area contributed by atoms with Crippen molar-refractivity contribution >= 4 is 23.2 Å². The zero-order valence-electron chi connectivity index (χ0n) is 23.0. The summed E-state index contributed by atoms with van der Waals surface area (Å²) in [6.07, 6.45) is 0.712. The Morgan fingerprint density at radius 1 is 0.800 bits per heavy atom. The Kier molecular flexibility index (Phi) is 8.09. The molecule has 2 atom stereocenters. The number of benzene rings is 3. The minimum Gasteiger partial charge on any atom is -0.497 e. The normalized spacial score (nSPS) is 19.4. The molecule has 0 saturated carbocycles. The number of anilines is 2. The van der Waals surface area contributed by atoms with Gasteiger partial charge in [-0.15, -0.1) is 0 Å². The van der Waals surface area contributed by atoms with Crippen LogP contribution in [0, 0.1) is 11.7 Å². The molecule has 3 aromatic carbocycles. The second kappa shape index (κ2) is 11.9. The summed E-state index contributed by atoms with van der Waals surface area (Å²) in [5, 5.41) is 0. The summed E-state index contributed by atoms with van der Waals surface area (Å²) in [5.41, 5.74) is 2.43. The van der Waals surface area contributed by atoms with Crippen LogP contribution in [0.1, 0.15) is 24.4 Å². The fraction of sp³-hybridized carbons (Fsp3) is 0.355. The van der Waals surface area contributed by atoms with Crippen LogP contribution in [0.4, 0.5) is 15.8 Å². The SMILES string of the molecule is COc1ccc(N2C(=O)CC[C@@H](C(=O)N3CCN(c4ccc(F)cc4)CC3)[C@@H]2c2ccc(OC)c(OC)c2)cc1. The van der Waals surface area contributed by atoms with Crippen molar-refractivity contribution in [3.63, 3.8) is 0 Å². The maximum absolute atomic E-state index is 14.1. The van der Waals surface area contributed by atoms with Gasteiger partial charge >= 0.3 is 0 Å². The van der Waals surface area contributed by atoms with Crippen molar-refractivity contribution in [1.82, 2.24) is 4.90 Å². The molecule has 2 aliphatic rings. The molecule has 0 aromatic heterocycles. The van der Waals surface area contributed by atoms with E-state index < -0.39 is 12.0 Å². The summed E-state index contributed by atoms with van der Waals surface area (Å²) in [6.45, 7) is 2.38. The average molecular weight is 548 g/mol. The van der Waals surface area contributed by atoms with Gasteiger partial charge < -0.3 is 28.9 Å². The number of rotatable bonds is 7. The van der Waals surface area contributed by atoms with E-state index in [1.165, 1.54) is 12.1 Å². The maximum Gasteiger partial charge on any atom is 0.228 e. The van der Waals surface area contributed by atoms with Gasteiger partial charge in [0, 0.05) is 44.0 Å². The molecule has 3 aromatic rings. The van der Waals surface area contributed by atoms with Crippen LogP contribution in [-0.2, 0) is 9.59 Å². The lowest BCUT2D eigenvalue weighted by molar-refractivity contribution is -0.138. The van der Waals surface area contributed by atoms with Gasteiger partial charge in [-0.25, -0.2) is 4.39 Å². The zero-order valence-corrected chi connectivity index (χ0v) is 23.0. The minimum absolute atomic E-state index is 0.0181. The van der Waals surface area contributed by atoms with Crippen molar-refractivity contribution in [2.75, 3.05) is 57.3 Å². The number of amides is 2. The standard InChI is InChI=1S/C31H34FN3O5/c1-38-25-11-9-24(10-12-25)35-29(36)15-13-26(30(35)21-4-14-27(39-2)28(20-21)40-3)31(37)34-18-16-33(17-19-34)23-7-5-22(32)6-8-23/h4-12,14,20,26,30H,13,15-19H2,1-3H3/t26-,30+/m1/s1. The number of nitrogens with zero attached hydrogens (tertiary/aromatic N) is 3. The molecule has 0 N–H and O–H groups in total. The summed E-state index contributed by atoms with van der Waals surface area (Å²) < 4.78 is 29.7. The predicted octanol–water partition coefficient (Wildman–Crippen LogP) is 4.68. The van der Waals surface area contributed by atoms with Crippen molar-refractivity contribution in [1.29, 1.82) is 0 Å². The molecule has 40 heavy (non-hydrogen) atoms. The number of carbonyl (C=O) groups is 2. The Bertz CT molecular complexity index is 1340. The first-order valence-corrected chi connectivity index (χ1v) is 13.4. The highest BCUT2D eigenvalue weighted by Crippen LogP contribution is 2.43. The Balaban J connectivity index is 1.45. The fourth-order valence-corrected chi connectivity index (χ4v) is 5.69. The van der Waals surface area contributed by atoms with Crippen LogP contribution in [0.2, 0.25) is 0 Å². The van der Waals surface area contributed by atoms with Gasteiger partial charge in [0.05, 0.1) is 33.3 Å². The first-order chi connectivity index (χ1) is 19.4. The number of carbonyl (C=O) groups excluding carboxylic acids is 2. The van der Waals surface area contributed by atoms with E-state index in [1.807, 2.05) is 47.4 Å². The highest BCUT2D eigenvalue weighted by atomic mass is 19.1. The van der Waals surface area contributed by atoms with Crippen LogP contribution in [-0.4, -0.2) is 64.2 Å². The molecule has 9 heteroatoms. The van der Waals surface area contributed by atoms with E-state index in [0.717, 1.165) is 11.3 Å². The molecule has 0 radical (unpaired) electrons. The lowest BCUT2D eigenvalue weighted by Crippen LogP contribution is -2.54. The first kappa shape index (κ1) is 27.3. The number of piperidine rings is 1. The second-order valence-corrected chi connectivity index (χ2v) is 9.95. The fourth-order valence-electron chi connectivity index (χ4n) is 5.69. The smallest absolute Gasteiger partial charge is 0.228 e. The van der Waals surface area contributed by atoms with Crippen LogP contribution in [0.15, 0.2) is 66.7 Å². The van der Waals surface area contributed by atoms with Crippen LogP contribution in [0.5, 0.6) is 17.2 Å². The number of hydrogen-bond acceptors (Lipinski definition) is 6. The Hall–Kier alpha value is -4.27. The van der Waals surface area contributed by atoms with E-state index in [4.69, 9.17) is 14.2 Å². The summed E-state index contributed by atoms with van der Waals surface area (Å²) in [4.78, 5) is 33.4. The molecule has 2 amide bonds. The molecule has 5 rings (SSSR count). The lowest BCUT2D eigenvalue weighted by Gasteiger charge is -2.44. The molecule has 0 aliphatic carbocycles. The van der Waals surface area contributed by atoms with Crippen molar-refractivity contribution in [2.45, 2.75) is 18.9 Å². The third-order valence-corrected chi connectivity index (χ3v) is 7.80. The monoisotopic (exact) mass is 547 g/mol. The predicted molar refractivity (Wildman–Crippen MR) is 151 cm³/mol. The number of piperazine rings is 1. The van der Waals surface area contributed by atoms with Gasteiger partial charge in [0.2, 0.25) is 11.8 Å². The van der Waals surface area contributed by atoms with Gasteiger partial charge in [0.1, 0.15) is 11.6 Å². The highest BCUT2D eigenvalue weighted by molar-refractivity contribution is 5.97. The van der Waals surface area contributed by atoms with Crippen LogP contribution in [0.3, 0.4) is 0 Å².